The predicted molar refractivity (Wildman–Crippen MR) is 145 cm³/mol. The van der Waals surface area contributed by atoms with Crippen molar-refractivity contribution in [3.63, 3.8) is 0 Å². The van der Waals surface area contributed by atoms with Crippen LogP contribution in [0.4, 0.5) is 11.4 Å². The molecule has 0 saturated carbocycles. The van der Waals surface area contributed by atoms with Crippen molar-refractivity contribution < 1.29 is 9.59 Å². The summed E-state index contributed by atoms with van der Waals surface area (Å²) < 4.78 is 4.98. The van der Waals surface area contributed by atoms with Gasteiger partial charge in [-0.05, 0) is 32.9 Å². The Hall–Kier alpha value is -4.99. The number of nitrogens with zero attached hydrogens (tertiary/aromatic N) is 6. The first-order chi connectivity index (χ1) is 18.4. The zero-order chi connectivity index (χ0) is 26.8. The number of amides is 2. The van der Waals surface area contributed by atoms with Gasteiger partial charge in [-0.15, -0.1) is 0 Å². The van der Waals surface area contributed by atoms with Crippen molar-refractivity contribution in [2.45, 2.75) is 27.3 Å². The Bertz CT molecular complexity index is 1610. The fourth-order valence-electron chi connectivity index (χ4n) is 4.34. The summed E-state index contributed by atoms with van der Waals surface area (Å²) in [7, 11) is 1.80. The standard InChI is InChI=1S/C28H28N8O2/c1-5-35-26(28(38)31-22-16-29-34(4)18(22)2)23(17-30-35)32-27(37)24-19(3)36(21-14-10-7-11-15-21)33-25(24)20-12-8-6-9-13-20/h6-17H,5H2,1-4H3,(H,31,38)(H,32,37). The number of aromatic nitrogens is 6. The van der Waals surface area contributed by atoms with E-state index in [1.165, 1.54) is 6.20 Å². The molecular weight excluding hydrogens is 480 g/mol. The lowest BCUT2D eigenvalue weighted by molar-refractivity contribution is 0.101. The molecule has 3 aromatic heterocycles. The zero-order valence-corrected chi connectivity index (χ0v) is 21.6. The Morgan fingerprint density at radius 1 is 0.816 bits per heavy atom. The van der Waals surface area contributed by atoms with E-state index < -0.39 is 5.91 Å². The quantitative estimate of drug-likeness (QED) is 0.333. The van der Waals surface area contributed by atoms with Crippen LogP contribution in [0.3, 0.4) is 0 Å². The van der Waals surface area contributed by atoms with Crippen molar-refractivity contribution in [1.82, 2.24) is 29.3 Å². The van der Waals surface area contributed by atoms with E-state index in [4.69, 9.17) is 5.10 Å². The van der Waals surface area contributed by atoms with Gasteiger partial charge in [0.25, 0.3) is 11.8 Å². The third kappa shape index (κ3) is 4.47. The second-order valence-electron chi connectivity index (χ2n) is 8.82. The SMILES string of the molecule is CCn1ncc(NC(=O)c2c(-c3ccccc3)nn(-c3ccccc3)c2C)c1C(=O)Nc1cnn(C)c1C. The average molecular weight is 509 g/mol. The summed E-state index contributed by atoms with van der Waals surface area (Å²) in [4.78, 5) is 27.1. The van der Waals surface area contributed by atoms with Crippen LogP contribution in [0, 0.1) is 13.8 Å². The summed E-state index contributed by atoms with van der Waals surface area (Å²) in [6, 6.07) is 19.2. The highest BCUT2D eigenvalue weighted by molar-refractivity contribution is 6.13. The monoisotopic (exact) mass is 508 g/mol. The van der Waals surface area contributed by atoms with Crippen LogP contribution < -0.4 is 10.6 Å². The number of aryl methyl sites for hydroxylation is 2. The van der Waals surface area contributed by atoms with Gasteiger partial charge in [0.1, 0.15) is 11.4 Å². The summed E-state index contributed by atoms with van der Waals surface area (Å²) in [5.74, 6) is -0.776. The molecule has 2 amide bonds. The number of hydrogen-bond donors (Lipinski definition) is 2. The van der Waals surface area contributed by atoms with Crippen molar-refractivity contribution in [1.29, 1.82) is 0 Å². The Morgan fingerprint density at radius 3 is 2.08 bits per heavy atom. The largest absolute Gasteiger partial charge is 0.318 e. The van der Waals surface area contributed by atoms with Crippen LogP contribution in [-0.4, -0.2) is 41.2 Å². The minimum Gasteiger partial charge on any atom is -0.318 e. The third-order valence-electron chi connectivity index (χ3n) is 6.48. The van der Waals surface area contributed by atoms with E-state index in [1.54, 1.807) is 27.3 Å². The molecule has 5 rings (SSSR count). The molecule has 0 aliphatic carbocycles. The molecule has 10 heteroatoms. The maximum atomic E-state index is 13.8. The van der Waals surface area contributed by atoms with Crippen LogP contribution >= 0.6 is 0 Å². The van der Waals surface area contributed by atoms with Crippen molar-refractivity contribution in [3.8, 4) is 16.9 Å². The van der Waals surface area contributed by atoms with Crippen molar-refractivity contribution in [2.24, 2.45) is 7.05 Å². The highest BCUT2D eigenvalue weighted by atomic mass is 16.2. The first-order valence-electron chi connectivity index (χ1n) is 12.3. The topological polar surface area (TPSA) is 112 Å². The van der Waals surface area contributed by atoms with Crippen molar-refractivity contribution >= 4 is 23.2 Å². The van der Waals surface area contributed by atoms with E-state index in [2.05, 4.69) is 20.8 Å². The molecule has 0 radical (unpaired) electrons. The number of carbonyl (C=O) groups is 2. The fraction of sp³-hybridized carbons (Fsp3) is 0.179. The summed E-state index contributed by atoms with van der Waals surface area (Å²) in [5.41, 5.74) is 5.24. The van der Waals surface area contributed by atoms with E-state index in [1.807, 2.05) is 81.4 Å². The second kappa shape index (κ2) is 10.2. The van der Waals surface area contributed by atoms with Crippen LogP contribution in [-0.2, 0) is 13.6 Å². The molecule has 0 bridgehead atoms. The molecule has 0 aliphatic heterocycles. The number of rotatable bonds is 7. The first-order valence-corrected chi connectivity index (χ1v) is 12.3. The maximum absolute atomic E-state index is 13.8. The zero-order valence-electron chi connectivity index (χ0n) is 21.6. The fourth-order valence-corrected chi connectivity index (χ4v) is 4.34. The van der Waals surface area contributed by atoms with Crippen LogP contribution in [0.5, 0.6) is 0 Å². The molecule has 38 heavy (non-hydrogen) atoms. The van der Waals surface area contributed by atoms with Gasteiger partial charge >= 0.3 is 0 Å². The first kappa shape index (κ1) is 24.7. The van der Waals surface area contributed by atoms with Crippen LogP contribution in [0.25, 0.3) is 16.9 Å². The number of nitrogens with one attached hydrogen (secondary N) is 2. The smallest absolute Gasteiger partial charge is 0.276 e. The van der Waals surface area contributed by atoms with Gasteiger partial charge in [-0.2, -0.15) is 15.3 Å². The highest BCUT2D eigenvalue weighted by Gasteiger charge is 2.26. The molecule has 0 fully saturated rings. The Balaban J connectivity index is 1.53. The van der Waals surface area contributed by atoms with E-state index in [-0.39, 0.29) is 11.6 Å². The van der Waals surface area contributed by atoms with Crippen molar-refractivity contribution in [3.05, 3.63) is 95.7 Å². The van der Waals surface area contributed by atoms with Gasteiger partial charge in [-0.3, -0.25) is 19.0 Å². The predicted octanol–water partition coefficient (Wildman–Crippen LogP) is 4.61. The number of benzene rings is 2. The third-order valence-corrected chi connectivity index (χ3v) is 6.48. The minimum atomic E-state index is -0.393. The molecule has 0 aliphatic rings. The van der Waals surface area contributed by atoms with Gasteiger partial charge < -0.3 is 10.6 Å². The van der Waals surface area contributed by atoms with E-state index in [0.717, 1.165) is 16.9 Å². The second-order valence-corrected chi connectivity index (χ2v) is 8.82. The lowest BCUT2D eigenvalue weighted by atomic mass is 10.1. The molecule has 0 unspecified atom stereocenters. The maximum Gasteiger partial charge on any atom is 0.276 e. The molecule has 0 saturated heterocycles. The van der Waals surface area contributed by atoms with E-state index in [9.17, 15) is 9.59 Å². The van der Waals surface area contributed by atoms with Crippen LogP contribution in [0.2, 0.25) is 0 Å². The molecule has 0 atom stereocenters. The number of hydrogen-bond acceptors (Lipinski definition) is 5. The van der Waals surface area contributed by atoms with Gasteiger partial charge in [-0.1, -0.05) is 48.5 Å². The highest BCUT2D eigenvalue weighted by Crippen LogP contribution is 2.29. The normalized spacial score (nSPS) is 10.9. The van der Waals surface area contributed by atoms with Gasteiger partial charge in [0.15, 0.2) is 0 Å². The molecule has 3 heterocycles. The lowest BCUT2D eigenvalue weighted by Crippen LogP contribution is -2.21. The molecular formula is C28H28N8O2. The summed E-state index contributed by atoms with van der Waals surface area (Å²) in [6.07, 6.45) is 3.08. The van der Waals surface area contributed by atoms with Crippen LogP contribution in [0.1, 0.15) is 39.2 Å². The van der Waals surface area contributed by atoms with Gasteiger partial charge in [-0.25, -0.2) is 4.68 Å². The molecule has 2 N–H and O–H groups in total. The molecule has 192 valence electrons. The van der Waals surface area contributed by atoms with Crippen molar-refractivity contribution in [2.75, 3.05) is 10.6 Å². The summed E-state index contributed by atoms with van der Waals surface area (Å²) >= 11 is 0. The van der Waals surface area contributed by atoms with Crippen LogP contribution in [0.15, 0.2) is 73.1 Å². The van der Waals surface area contributed by atoms with E-state index in [0.29, 0.717) is 34.9 Å². The Morgan fingerprint density at radius 2 is 1.45 bits per heavy atom. The Labute approximate surface area is 219 Å². The number of carbonyl (C=O) groups excluding carboxylic acids is 2. The average Bonchev–Trinajstić information content (AvgIpc) is 3.60. The van der Waals surface area contributed by atoms with Gasteiger partial charge in [0.05, 0.1) is 46.4 Å². The summed E-state index contributed by atoms with van der Waals surface area (Å²) in [5, 5.41) is 19.1. The minimum absolute atomic E-state index is 0.249. The number of anilines is 2. The van der Waals surface area contributed by atoms with Gasteiger partial charge in [0.2, 0.25) is 0 Å². The van der Waals surface area contributed by atoms with Gasteiger partial charge in [0, 0.05) is 19.2 Å². The van der Waals surface area contributed by atoms with E-state index >= 15 is 0 Å². The molecule has 5 aromatic rings. The Kier molecular flexibility index (Phi) is 6.61. The lowest BCUT2D eigenvalue weighted by Gasteiger charge is -2.11. The molecule has 2 aromatic carbocycles. The summed E-state index contributed by atoms with van der Waals surface area (Å²) in [6.45, 7) is 6.05. The molecule has 10 nitrogen and oxygen atoms in total. The number of para-hydroxylation sites is 1. The molecule has 0 spiro atoms.